The highest BCUT2D eigenvalue weighted by Crippen LogP contribution is 2.45. The molecule has 1 aromatic heterocycles. The quantitative estimate of drug-likeness (QED) is 0.689. The van der Waals surface area contributed by atoms with E-state index in [4.69, 9.17) is 9.98 Å². The zero-order valence-corrected chi connectivity index (χ0v) is 15.5. The largest absolute Gasteiger partial charge is 0.357 e. The predicted octanol–water partition coefficient (Wildman–Crippen LogP) is 3.30. The number of nitrogens with zero attached hydrogens (tertiary/aromatic N) is 4. The van der Waals surface area contributed by atoms with Gasteiger partial charge >= 0.3 is 0 Å². The molecule has 1 aromatic carbocycles. The highest BCUT2D eigenvalue weighted by molar-refractivity contribution is 5.80. The third-order valence-electron chi connectivity index (χ3n) is 5.99. The molecule has 1 saturated carbocycles. The van der Waals surface area contributed by atoms with Crippen LogP contribution in [0.1, 0.15) is 44.9 Å². The summed E-state index contributed by atoms with van der Waals surface area (Å²) >= 11 is 0. The minimum Gasteiger partial charge on any atom is -0.357 e. The molecule has 2 aromatic rings. The molecule has 5 heteroatoms. The van der Waals surface area contributed by atoms with Gasteiger partial charge in [-0.3, -0.25) is 0 Å². The number of aliphatic imine (C=N–C) groups is 1. The monoisotopic (exact) mass is 339 g/mol. The first-order valence-electron chi connectivity index (χ1n) is 9.64. The number of benzene rings is 1. The fourth-order valence-corrected chi connectivity index (χ4v) is 4.56. The zero-order chi connectivity index (χ0) is 17.3. The minimum absolute atomic E-state index is 0.564. The van der Waals surface area contributed by atoms with Gasteiger partial charge in [-0.1, -0.05) is 25.0 Å². The van der Waals surface area contributed by atoms with E-state index in [1.807, 2.05) is 6.07 Å². The Kier molecular flexibility index (Phi) is 4.40. The van der Waals surface area contributed by atoms with Gasteiger partial charge in [0.05, 0.1) is 11.0 Å². The Labute approximate surface area is 150 Å². The van der Waals surface area contributed by atoms with E-state index in [9.17, 15) is 0 Å². The second kappa shape index (κ2) is 6.70. The van der Waals surface area contributed by atoms with Gasteiger partial charge < -0.3 is 14.8 Å². The van der Waals surface area contributed by atoms with Crippen molar-refractivity contribution in [1.82, 2.24) is 19.8 Å². The van der Waals surface area contributed by atoms with E-state index >= 15 is 0 Å². The van der Waals surface area contributed by atoms with Crippen molar-refractivity contribution in [3.05, 3.63) is 30.1 Å². The molecule has 1 N–H and O–H groups in total. The Morgan fingerprint density at radius 1 is 1.24 bits per heavy atom. The van der Waals surface area contributed by atoms with Gasteiger partial charge in [-0.15, -0.1) is 0 Å². The molecule has 2 heterocycles. The number of imidazole rings is 1. The van der Waals surface area contributed by atoms with E-state index in [0.717, 1.165) is 30.4 Å². The number of nitrogens with one attached hydrogen (secondary N) is 1. The van der Waals surface area contributed by atoms with E-state index < -0.39 is 0 Å². The number of para-hydroxylation sites is 2. The molecular weight excluding hydrogens is 310 g/mol. The van der Waals surface area contributed by atoms with Gasteiger partial charge in [0.15, 0.2) is 5.96 Å². The number of guanidine groups is 1. The standard InChI is InChI=1S/C20H29N5/c1-3-21-19(25-13-12-20(15-25)10-6-7-11-20)22-14-18-23-16-8-4-5-9-17(16)24(18)2/h4-5,8-9H,3,6-7,10-15H2,1-2H3,(H,21,22). The van der Waals surface area contributed by atoms with E-state index in [-0.39, 0.29) is 0 Å². The molecule has 1 saturated heterocycles. The summed E-state index contributed by atoms with van der Waals surface area (Å²) in [6.45, 7) is 5.98. The third-order valence-corrected chi connectivity index (χ3v) is 5.99. The maximum absolute atomic E-state index is 4.92. The number of aromatic nitrogens is 2. The van der Waals surface area contributed by atoms with Crippen LogP contribution >= 0.6 is 0 Å². The normalized spacial score (nSPS) is 20.1. The van der Waals surface area contributed by atoms with Gasteiger partial charge in [-0.25, -0.2) is 9.98 Å². The molecule has 0 bridgehead atoms. The van der Waals surface area contributed by atoms with Crippen LogP contribution in [0.15, 0.2) is 29.3 Å². The maximum atomic E-state index is 4.92. The van der Waals surface area contributed by atoms with Crippen molar-refractivity contribution < 1.29 is 0 Å². The van der Waals surface area contributed by atoms with Crippen LogP contribution in [0, 0.1) is 5.41 Å². The summed E-state index contributed by atoms with van der Waals surface area (Å²) in [6, 6.07) is 8.29. The second-order valence-corrected chi connectivity index (χ2v) is 7.62. The van der Waals surface area contributed by atoms with Crippen molar-refractivity contribution in [3.8, 4) is 0 Å². The average molecular weight is 339 g/mol. The first kappa shape index (κ1) is 16.4. The van der Waals surface area contributed by atoms with Crippen molar-refractivity contribution >= 4 is 17.0 Å². The molecule has 25 heavy (non-hydrogen) atoms. The molecule has 134 valence electrons. The molecular formula is C20H29N5. The van der Waals surface area contributed by atoms with Gasteiger partial charge in [0.25, 0.3) is 0 Å². The van der Waals surface area contributed by atoms with Crippen LogP contribution in [0.25, 0.3) is 11.0 Å². The summed E-state index contributed by atoms with van der Waals surface area (Å²) in [5.74, 6) is 2.07. The smallest absolute Gasteiger partial charge is 0.194 e. The number of hydrogen-bond acceptors (Lipinski definition) is 2. The molecule has 0 amide bonds. The second-order valence-electron chi connectivity index (χ2n) is 7.62. The van der Waals surface area contributed by atoms with E-state index in [1.165, 1.54) is 44.2 Å². The lowest BCUT2D eigenvalue weighted by atomic mass is 9.86. The summed E-state index contributed by atoms with van der Waals surface area (Å²) in [5, 5.41) is 3.49. The lowest BCUT2D eigenvalue weighted by Crippen LogP contribution is -2.41. The van der Waals surface area contributed by atoms with Crippen molar-refractivity contribution in [1.29, 1.82) is 0 Å². The average Bonchev–Trinajstić information content (AvgIpc) is 3.34. The number of aryl methyl sites for hydroxylation is 1. The molecule has 2 aliphatic rings. The molecule has 1 aliphatic carbocycles. The summed E-state index contributed by atoms with van der Waals surface area (Å²) in [6.07, 6.45) is 6.92. The first-order valence-corrected chi connectivity index (χ1v) is 9.64. The van der Waals surface area contributed by atoms with Crippen LogP contribution in [0.3, 0.4) is 0 Å². The summed E-state index contributed by atoms with van der Waals surface area (Å²) in [5.41, 5.74) is 2.78. The summed E-state index contributed by atoms with van der Waals surface area (Å²) < 4.78 is 2.16. The van der Waals surface area contributed by atoms with E-state index in [2.05, 4.69) is 47.0 Å². The Hall–Kier alpha value is -2.04. The number of likely N-dealkylation sites (tertiary alicyclic amines) is 1. The highest BCUT2D eigenvalue weighted by atomic mass is 15.3. The van der Waals surface area contributed by atoms with E-state index in [1.54, 1.807) is 0 Å². The molecule has 4 rings (SSSR count). The van der Waals surface area contributed by atoms with Gasteiger partial charge in [0, 0.05) is 26.7 Å². The molecule has 0 unspecified atom stereocenters. The fraction of sp³-hybridized carbons (Fsp3) is 0.600. The van der Waals surface area contributed by atoms with Crippen molar-refractivity contribution in [2.24, 2.45) is 17.5 Å². The summed E-state index contributed by atoms with van der Waals surface area (Å²) in [7, 11) is 2.08. The molecule has 5 nitrogen and oxygen atoms in total. The van der Waals surface area contributed by atoms with Crippen molar-refractivity contribution in [2.75, 3.05) is 19.6 Å². The molecule has 0 radical (unpaired) electrons. The van der Waals surface area contributed by atoms with Crippen LogP contribution in [0.4, 0.5) is 0 Å². The van der Waals surface area contributed by atoms with Crippen LogP contribution in [0.5, 0.6) is 0 Å². The summed E-state index contributed by atoms with van der Waals surface area (Å²) in [4.78, 5) is 12.1. The minimum atomic E-state index is 0.564. The molecule has 2 fully saturated rings. The third kappa shape index (κ3) is 3.12. The number of hydrogen-bond donors (Lipinski definition) is 1. The van der Waals surface area contributed by atoms with Crippen molar-refractivity contribution in [3.63, 3.8) is 0 Å². The van der Waals surface area contributed by atoms with Gasteiger partial charge in [0.1, 0.15) is 12.4 Å². The van der Waals surface area contributed by atoms with Crippen LogP contribution in [0.2, 0.25) is 0 Å². The predicted molar refractivity (Wildman–Crippen MR) is 103 cm³/mol. The van der Waals surface area contributed by atoms with Gasteiger partial charge in [-0.05, 0) is 43.7 Å². The van der Waals surface area contributed by atoms with Crippen LogP contribution in [-0.2, 0) is 13.6 Å². The Morgan fingerprint density at radius 2 is 2.04 bits per heavy atom. The molecule has 1 aliphatic heterocycles. The van der Waals surface area contributed by atoms with Gasteiger partial charge in [-0.2, -0.15) is 0 Å². The topological polar surface area (TPSA) is 45.5 Å². The lowest BCUT2D eigenvalue weighted by Gasteiger charge is -2.25. The molecule has 1 spiro atoms. The number of fused-ring (bicyclic) bond motifs is 1. The lowest BCUT2D eigenvalue weighted by molar-refractivity contribution is 0.309. The number of rotatable bonds is 3. The maximum Gasteiger partial charge on any atom is 0.194 e. The Balaban J connectivity index is 1.53. The van der Waals surface area contributed by atoms with E-state index in [0.29, 0.717) is 12.0 Å². The van der Waals surface area contributed by atoms with Crippen molar-refractivity contribution in [2.45, 2.75) is 45.6 Å². The highest BCUT2D eigenvalue weighted by Gasteiger charge is 2.41. The SMILES string of the molecule is CCNC(=NCc1nc2ccccc2n1C)N1CCC2(CCCC2)C1. The Morgan fingerprint density at radius 3 is 2.80 bits per heavy atom. The zero-order valence-electron chi connectivity index (χ0n) is 15.5. The van der Waals surface area contributed by atoms with Gasteiger partial charge in [0.2, 0.25) is 0 Å². The fourth-order valence-electron chi connectivity index (χ4n) is 4.56. The molecule has 0 atom stereocenters. The first-order chi connectivity index (χ1) is 12.2. The Bertz CT molecular complexity index is 769. The van der Waals surface area contributed by atoms with Crippen LogP contribution < -0.4 is 5.32 Å². The van der Waals surface area contributed by atoms with Crippen LogP contribution in [-0.4, -0.2) is 40.0 Å².